The highest BCUT2D eigenvalue weighted by atomic mass is 16.4. The van der Waals surface area contributed by atoms with E-state index < -0.39 is 24.0 Å². The first kappa shape index (κ1) is 51.8. The third kappa shape index (κ3) is 35.0. The second-order valence-electron chi connectivity index (χ2n) is 15.3. The van der Waals surface area contributed by atoms with E-state index in [0.717, 1.165) is 25.7 Å². The summed E-state index contributed by atoms with van der Waals surface area (Å²) in [6.07, 6.45) is 27.3. The Kier molecular flexibility index (Phi) is 35.5. The van der Waals surface area contributed by atoms with E-state index in [2.05, 4.69) is 35.1 Å². The van der Waals surface area contributed by atoms with Crippen molar-refractivity contribution in [1.82, 2.24) is 21.3 Å². The van der Waals surface area contributed by atoms with E-state index in [1.807, 2.05) is 0 Å². The van der Waals surface area contributed by atoms with Crippen LogP contribution in [-0.4, -0.2) is 71.0 Å². The molecule has 0 radical (unpaired) electrons. The van der Waals surface area contributed by atoms with Crippen LogP contribution in [0.2, 0.25) is 0 Å². The van der Waals surface area contributed by atoms with Crippen LogP contribution >= 0.6 is 0 Å². The topological polar surface area (TPSA) is 191 Å². The van der Waals surface area contributed by atoms with Crippen molar-refractivity contribution in [3.05, 3.63) is 0 Å². The van der Waals surface area contributed by atoms with E-state index in [1.165, 1.54) is 89.9 Å². The highest BCUT2D eigenvalue weighted by Crippen LogP contribution is 2.12. The van der Waals surface area contributed by atoms with E-state index in [-0.39, 0.29) is 49.3 Å². The van der Waals surface area contributed by atoms with Crippen LogP contribution < -0.4 is 21.3 Å². The molecule has 0 heterocycles. The zero-order valence-electron chi connectivity index (χ0n) is 34.8. The number of rotatable bonds is 40. The maximum Gasteiger partial charge on any atom is 0.326 e. The van der Waals surface area contributed by atoms with Crippen LogP contribution in [0.25, 0.3) is 0 Å². The fourth-order valence-electron chi connectivity index (χ4n) is 6.57. The molecule has 0 saturated carbocycles. The molecule has 4 amide bonds. The molecule has 0 unspecified atom stereocenters. The lowest BCUT2D eigenvalue weighted by molar-refractivity contribution is -0.142. The highest BCUT2D eigenvalue weighted by molar-refractivity contribution is 5.84. The van der Waals surface area contributed by atoms with Crippen molar-refractivity contribution < 1.29 is 39.0 Å². The van der Waals surface area contributed by atoms with Gasteiger partial charge in [-0.2, -0.15) is 0 Å². The molecule has 0 aliphatic heterocycles. The van der Waals surface area contributed by atoms with Crippen molar-refractivity contribution in [2.24, 2.45) is 0 Å². The predicted molar refractivity (Wildman–Crippen MR) is 220 cm³/mol. The molecule has 0 aromatic heterocycles. The average molecular weight is 781 g/mol. The molecule has 0 saturated heterocycles. The largest absolute Gasteiger partial charge is 0.480 e. The van der Waals surface area contributed by atoms with E-state index in [4.69, 9.17) is 0 Å². The molecule has 0 aliphatic rings. The molecule has 6 N–H and O–H groups in total. The van der Waals surface area contributed by atoms with Crippen molar-refractivity contribution in [1.29, 1.82) is 0 Å². The number of carbonyl (C=O) groups excluding carboxylic acids is 4. The Labute approximate surface area is 333 Å². The Bertz CT molecular complexity index is 947. The Hall–Kier alpha value is -3.18. The highest BCUT2D eigenvalue weighted by Gasteiger charge is 2.20. The van der Waals surface area contributed by atoms with Gasteiger partial charge in [0.25, 0.3) is 0 Å². The summed E-state index contributed by atoms with van der Waals surface area (Å²) >= 11 is 0. The van der Waals surface area contributed by atoms with Crippen molar-refractivity contribution in [3.8, 4) is 0 Å². The first-order valence-corrected chi connectivity index (χ1v) is 22.2. The first-order chi connectivity index (χ1) is 26.6. The number of hydrogen-bond acceptors (Lipinski definition) is 6. The summed E-state index contributed by atoms with van der Waals surface area (Å²) in [5, 5.41) is 30.1. The van der Waals surface area contributed by atoms with Gasteiger partial charge in [0.15, 0.2) is 0 Å². The zero-order valence-corrected chi connectivity index (χ0v) is 34.8. The van der Waals surface area contributed by atoms with Gasteiger partial charge in [0, 0.05) is 38.8 Å². The minimum atomic E-state index is -1.10. The smallest absolute Gasteiger partial charge is 0.326 e. The fourth-order valence-corrected chi connectivity index (χ4v) is 6.57. The number of carbonyl (C=O) groups is 6. The minimum Gasteiger partial charge on any atom is -0.480 e. The molecule has 0 aromatic carbocycles. The van der Waals surface area contributed by atoms with Crippen molar-refractivity contribution in [2.45, 2.75) is 225 Å². The van der Waals surface area contributed by atoms with Gasteiger partial charge in [-0.1, -0.05) is 123 Å². The summed E-state index contributed by atoms with van der Waals surface area (Å²) in [4.78, 5) is 72.3. The zero-order chi connectivity index (χ0) is 40.8. The molecule has 12 heteroatoms. The van der Waals surface area contributed by atoms with Gasteiger partial charge in [-0.05, 0) is 64.2 Å². The van der Waals surface area contributed by atoms with Crippen LogP contribution in [-0.2, 0) is 28.8 Å². The van der Waals surface area contributed by atoms with Crippen LogP contribution in [0.15, 0.2) is 0 Å². The number of amides is 4. The lowest BCUT2D eigenvalue weighted by Crippen LogP contribution is -2.41. The third-order valence-corrected chi connectivity index (χ3v) is 10.1. The van der Waals surface area contributed by atoms with Crippen molar-refractivity contribution >= 4 is 35.6 Å². The second kappa shape index (κ2) is 37.7. The molecule has 0 aliphatic carbocycles. The van der Waals surface area contributed by atoms with Gasteiger partial charge >= 0.3 is 11.9 Å². The number of nitrogens with one attached hydrogen (secondary N) is 4. The van der Waals surface area contributed by atoms with Gasteiger partial charge < -0.3 is 31.5 Å². The van der Waals surface area contributed by atoms with Gasteiger partial charge in [0.1, 0.15) is 12.1 Å². The Morgan fingerprint density at radius 1 is 0.364 bits per heavy atom. The number of carboxylic acids is 2. The molecule has 0 spiro atoms. The summed E-state index contributed by atoms with van der Waals surface area (Å²) in [5.74, 6) is -2.87. The molecular formula is C43H80N4O8. The summed E-state index contributed by atoms with van der Waals surface area (Å²) in [6.45, 7) is 5.40. The fraction of sp³-hybridized carbons (Fsp3) is 0.860. The Morgan fingerprint density at radius 3 is 0.945 bits per heavy atom. The monoisotopic (exact) mass is 781 g/mol. The second-order valence-corrected chi connectivity index (χ2v) is 15.3. The standard InChI is InChI=1S/C43H80N4O8/c1-3-5-7-9-11-13-15-17-20-30-38(48)44-34-26-24-28-36(42(52)53)46-40(50)32-22-19-23-33-41(51)47-37(43(54)55)29-25-27-35-45-39(49)31-21-18-16-14-12-10-8-6-4-2/h36-37H,3-35H2,1-2H3,(H,44,48)(H,45,49)(H,46,50)(H,47,51)(H,52,53)(H,54,55)/t36-,37-/m0/s1. The maximum atomic E-state index is 12.4. The lowest BCUT2D eigenvalue weighted by atomic mass is 10.1. The van der Waals surface area contributed by atoms with Crippen LogP contribution in [0.1, 0.15) is 213 Å². The molecule has 320 valence electrons. The summed E-state index contributed by atoms with van der Waals surface area (Å²) < 4.78 is 0. The SMILES string of the molecule is CCCCCCCCCCCC(=O)NCCCC[C@H](NC(=O)CCCCCC(=O)N[C@@H](CCCCNC(=O)CCCCCCCCCCC)C(=O)O)C(=O)O. The normalized spacial score (nSPS) is 12.1. The van der Waals surface area contributed by atoms with Crippen molar-refractivity contribution in [3.63, 3.8) is 0 Å². The number of unbranched alkanes of at least 4 members (excludes halogenated alkanes) is 20. The Balaban J connectivity index is 3.97. The molecule has 0 fully saturated rings. The quantitative estimate of drug-likeness (QED) is 0.0334. The molecule has 55 heavy (non-hydrogen) atoms. The number of aliphatic carboxylic acids is 2. The summed E-state index contributed by atoms with van der Waals surface area (Å²) in [5.41, 5.74) is 0. The van der Waals surface area contributed by atoms with E-state index in [9.17, 15) is 39.0 Å². The van der Waals surface area contributed by atoms with Gasteiger partial charge in [-0.25, -0.2) is 9.59 Å². The van der Waals surface area contributed by atoms with Crippen LogP contribution in [0.3, 0.4) is 0 Å². The first-order valence-electron chi connectivity index (χ1n) is 22.2. The van der Waals surface area contributed by atoms with E-state index in [0.29, 0.717) is 70.9 Å². The summed E-state index contributed by atoms with van der Waals surface area (Å²) in [7, 11) is 0. The molecule has 12 nitrogen and oxygen atoms in total. The van der Waals surface area contributed by atoms with E-state index in [1.54, 1.807) is 0 Å². The molecule has 2 atom stereocenters. The summed E-state index contributed by atoms with van der Waals surface area (Å²) in [6, 6.07) is -1.99. The number of hydrogen-bond donors (Lipinski definition) is 6. The maximum absolute atomic E-state index is 12.4. The van der Waals surface area contributed by atoms with Crippen molar-refractivity contribution in [2.75, 3.05) is 13.1 Å². The average Bonchev–Trinajstić information content (AvgIpc) is 3.15. The van der Waals surface area contributed by atoms with Gasteiger partial charge in [0.2, 0.25) is 23.6 Å². The molecule has 0 aromatic rings. The van der Waals surface area contributed by atoms with Crippen LogP contribution in [0, 0.1) is 0 Å². The lowest BCUT2D eigenvalue weighted by Gasteiger charge is -2.15. The number of carboxylic acid groups (broad SMARTS) is 2. The Morgan fingerprint density at radius 2 is 0.636 bits per heavy atom. The third-order valence-electron chi connectivity index (χ3n) is 10.1. The molecule has 0 bridgehead atoms. The van der Waals surface area contributed by atoms with E-state index >= 15 is 0 Å². The van der Waals surface area contributed by atoms with Crippen LogP contribution in [0.4, 0.5) is 0 Å². The van der Waals surface area contributed by atoms with Gasteiger partial charge in [-0.3, -0.25) is 19.2 Å². The van der Waals surface area contributed by atoms with Crippen LogP contribution in [0.5, 0.6) is 0 Å². The minimum absolute atomic E-state index is 0.0260. The molecule has 0 rings (SSSR count). The van der Waals surface area contributed by atoms with Gasteiger partial charge in [0.05, 0.1) is 0 Å². The predicted octanol–water partition coefficient (Wildman–Crippen LogP) is 8.49. The van der Waals surface area contributed by atoms with Gasteiger partial charge in [-0.15, -0.1) is 0 Å². The molecular weight excluding hydrogens is 700 g/mol.